The van der Waals surface area contributed by atoms with Crippen LogP contribution in [0.15, 0.2) is 72.9 Å². The number of hydrogen-bond acceptors (Lipinski definition) is 7. The third-order valence-corrected chi connectivity index (χ3v) is 6.06. The van der Waals surface area contributed by atoms with Crippen LogP contribution >= 0.6 is 0 Å². The molecule has 5 rings (SSSR count). The quantitative estimate of drug-likeness (QED) is 0.348. The lowest BCUT2D eigenvalue weighted by atomic mass is 10.0. The largest absolute Gasteiger partial charge is 0.493 e. The summed E-state index contributed by atoms with van der Waals surface area (Å²) in [5.74, 6) is 2.42. The van der Waals surface area contributed by atoms with Crippen molar-refractivity contribution < 1.29 is 23.7 Å². The molecule has 0 amide bonds. The molecule has 7 nitrogen and oxygen atoms in total. The summed E-state index contributed by atoms with van der Waals surface area (Å²) in [5, 5.41) is 0.797. The van der Waals surface area contributed by atoms with E-state index >= 15 is 0 Å². The van der Waals surface area contributed by atoms with E-state index in [1.54, 1.807) is 50.7 Å². The number of ketones is 1. The Bertz CT molecular complexity index is 1330. The summed E-state index contributed by atoms with van der Waals surface area (Å²) in [7, 11) is 3.18. The highest BCUT2D eigenvalue weighted by Gasteiger charge is 2.15. The van der Waals surface area contributed by atoms with Gasteiger partial charge in [-0.1, -0.05) is 0 Å². The first-order valence-corrected chi connectivity index (χ1v) is 11.4. The summed E-state index contributed by atoms with van der Waals surface area (Å²) in [6.07, 6.45) is 1.68. The van der Waals surface area contributed by atoms with Crippen LogP contribution in [0.4, 0.5) is 5.69 Å². The Morgan fingerprint density at radius 2 is 1.46 bits per heavy atom. The first kappa shape index (κ1) is 22.7. The molecule has 1 aliphatic heterocycles. The number of nitrogens with zero attached hydrogens (tertiary/aromatic N) is 2. The average Bonchev–Trinajstić information content (AvgIpc) is 2.93. The van der Waals surface area contributed by atoms with Gasteiger partial charge in [0.25, 0.3) is 0 Å². The lowest BCUT2D eigenvalue weighted by molar-refractivity contribution is 0.103. The molecule has 178 valence electrons. The molecule has 1 aliphatic rings. The van der Waals surface area contributed by atoms with Crippen molar-refractivity contribution in [3.8, 4) is 23.0 Å². The molecule has 1 saturated heterocycles. The minimum Gasteiger partial charge on any atom is -0.493 e. The minimum absolute atomic E-state index is 0.0312. The van der Waals surface area contributed by atoms with Crippen LogP contribution in [0.5, 0.6) is 23.0 Å². The van der Waals surface area contributed by atoms with Gasteiger partial charge in [0.1, 0.15) is 11.5 Å². The van der Waals surface area contributed by atoms with E-state index in [0.717, 1.165) is 42.9 Å². The molecular formula is C28H26N2O5. The van der Waals surface area contributed by atoms with E-state index in [1.165, 1.54) is 0 Å². The Kier molecular flexibility index (Phi) is 6.50. The van der Waals surface area contributed by atoms with Crippen molar-refractivity contribution in [3.63, 3.8) is 0 Å². The van der Waals surface area contributed by atoms with Gasteiger partial charge in [-0.15, -0.1) is 0 Å². The number of carbonyl (C=O) groups excluding carboxylic acids is 1. The normalized spacial score (nSPS) is 13.5. The van der Waals surface area contributed by atoms with E-state index in [9.17, 15) is 4.79 Å². The zero-order valence-electron chi connectivity index (χ0n) is 19.7. The third-order valence-electron chi connectivity index (χ3n) is 6.06. The van der Waals surface area contributed by atoms with Gasteiger partial charge in [-0.25, -0.2) is 0 Å². The zero-order chi connectivity index (χ0) is 24.2. The Balaban J connectivity index is 1.33. The van der Waals surface area contributed by atoms with Gasteiger partial charge in [0.15, 0.2) is 17.3 Å². The second-order valence-corrected chi connectivity index (χ2v) is 8.14. The van der Waals surface area contributed by atoms with E-state index in [4.69, 9.17) is 18.9 Å². The monoisotopic (exact) mass is 470 g/mol. The highest BCUT2D eigenvalue weighted by molar-refractivity contribution is 6.09. The molecule has 35 heavy (non-hydrogen) atoms. The van der Waals surface area contributed by atoms with Crippen molar-refractivity contribution in [2.45, 2.75) is 0 Å². The van der Waals surface area contributed by atoms with Crippen LogP contribution < -0.4 is 19.1 Å². The summed E-state index contributed by atoms with van der Waals surface area (Å²) in [4.78, 5) is 19.7. The molecule has 7 heteroatoms. The molecule has 0 N–H and O–H groups in total. The van der Waals surface area contributed by atoms with Crippen LogP contribution in [-0.4, -0.2) is 51.3 Å². The third kappa shape index (κ3) is 4.76. The van der Waals surface area contributed by atoms with E-state index in [2.05, 4.69) is 9.88 Å². The second-order valence-electron chi connectivity index (χ2n) is 8.14. The Hall–Kier alpha value is -4.10. The van der Waals surface area contributed by atoms with E-state index in [0.29, 0.717) is 34.1 Å². The molecule has 2 heterocycles. The molecule has 0 saturated carbocycles. The smallest absolute Gasteiger partial charge is 0.193 e. The maximum atomic E-state index is 13.0. The van der Waals surface area contributed by atoms with Gasteiger partial charge in [-0.2, -0.15) is 0 Å². The van der Waals surface area contributed by atoms with Gasteiger partial charge < -0.3 is 23.8 Å². The molecule has 0 aliphatic carbocycles. The summed E-state index contributed by atoms with van der Waals surface area (Å²) in [6, 6.07) is 20.3. The molecule has 0 atom stereocenters. The molecule has 1 aromatic heterocycles. The number of methoxy groups -OCH3 is 2. The molecular weight excluding hydrogens is 444 g/mol. The van der Waals surface area contributed by atoms with Crippen molar-refractivity contribution >= 4 is 22.4 Å². The van der Waals surface area contributed by atoms with Crippen LogP contribution in [0.1, 0.15) is 15.9 Å². The predicted octanol–water partition coefficient (Wildman–Crippen LogP) is 5.11. The van der Waals surface area contributed by atoms with Gasteiger partial charge in [-0.05, 0) is 60.7 Å². The zero-order valence-corrected chi connectivity index (χ0v) is 19.7. The molecule has 3 aromatic carbocycles. The number of carbonyl (C=O) groups is 1. The fourth-order valence-electron chi connectivity index (χ4n) is 4.15. The fourth-order valence-corrected chi connectivity index (χ4v) is 4.15. The summed E-state index contributed by atoms with van der Waals surface area (Å²) in [5.41, 5.74) is 3.08. The molecule has 1 fully saturated rings. The Morgan fingerprint density at radius 3 is 2.11 bits per heavy atom. The second kappa shape index (κ2) is 10.0. The van der Waals surface area contributed by atoms with Crippen molar-refractivity contribution in [2.75, 3.05) is 45.4 Å². The number of morpholine rings is 1. The molecule has 0 spiro atoms. The molecule has 0 radical (unpaired) electrons. The Morgan fingerprint density at radius 1 is 0.829 bits per heavy atom. The maximum absolute atomic E-state index is 13.0. The number of aromatic nitrogens is 1. The summed E-state index contributed by atoms with van der Waals surface area (Å²) in [6.45, 7) is 3.18. The average molecular weight is 471 g/mol. The predicted molar refractivity (Wildman–Crippen MR) is 134 cm³/mol. The minimum atomic E-state index is -0.0312. The molecule has 0 unspecified atom stereocenters. The van der Waals surface area contributed by atoms with Gasteiger partial charge in [0.05, 0.1) is 33.0 Å². The van der Waals surface area contributed by atoms with Crippen LogP contribution in [0.3, 0.4) is 0 Å². The standard InChI is InChI=1S/C28H26N2O5/c1-32-26-17-23-24(18-27(26)33-2)29-12-11-25(23)35-22-9-5-20(6-10-22)28(31)19-3-7-21(8-4-19)30-13-15-34-16-14-30/h3-12,17-18H,13-16H2,1-2H3. The van der Waals surface area contributed by atoms with Crippen molar-refractivity contribution in [1.82, 2.24) is 4.98 Å². The van der Waals surface area contributed by atoms with Crippen LogP contribution in [0, 0.1) is 0 Å². The Labute approximate surface area is 203 Å². The van der Waals surface area contributed by atoms with Gasteiger partial charge >= 0.3 is 0 Å². The van der Waals surface area contributed by atoms with E-state index in [-0.39, 0.29) is 5.78 Å². The van der Waals surface area contributed by atoms with Crippen LogP contribution in [-0.2, 0) is 4.74 Å². The van der Waals surface area contributed by atoms with Gasteiger partial charge in [-0.3, -0.25) is 9.78 Å². The first-order chi connectivity index (χ1) is 17.2. The highest BCUT2D eigenvalue weighted by Crippen LogP contribution is 2.37. The van der Waals surface area contributed by atoms with Crippen molar-refractivity contribution in [2.24, 2.45) is 0 Å². The fraction of sp³-hybridized carbons (Fsp3) is 0.214. The summed E-state index contributed by atoms with van der Waals surface area (Å²) >= 11 is 0. The number of fused-ring (bicyclic) bond motifs is 1. The van der Waals surface area contributed by atoms with Crippen molar-refractivity contribution in [3.05, 3.63) is 84.1 Å². The van der Waals surface area contributed by atoms with Crippen LogP contribution in [0.25, 0.3) is 10.9 Å². The summed E-state index contributed by atoms with van der Waals surface area (Å²) < 4.78 is 22.3. The number of benzene rings is 3. The topological polar surface area (TPSA) is 70.1 Å². The molecule has 4 aromatic rings. The SMILES string of the molecule is COc1cc2nccc(Oc3ccc(C(=O)c4ccc(N5CCOCC5)cc4)cc3)c2cc1OC. The van der Waals surface area contributed by atoms with E-state index in [1.807, 2.05) is 36.4 Å². The van der Waals surface area contributed by atoms with Gasteiger partial charge in [0.2, 0.25) is 0 Å². The van der Waals surface area contributed by atoms with Crippen LogP contribution in [0.2, 0.25) is 0 Å². The van der Waals surface area contributed by atoms with Crippen molar-refractivity contribution in [1.29, 1.82) is 0 Å². The number of hydrogen-bond donors (Lipinski definition) is 0. The van der Waals surface area contributed by atoms with Gasteiger partial charge in [0, 0.05) is 47.6 Å². The maximum Gasteiger partial charge on any atom is 0.193 e. The molecule has 0 bridgehead atoms. The first-order valence-electron chi connectivity index (χ1n) is 11.4. The number of ether oxygens (including phenoxy) is 4. The lowest BCUT2D eigenvalue weighted by Gasteiger charge is -2.28. The number of rotatable bonds is 7. The lowest BCUT2D eigenvalue weighted by Crippen LogP contribution is -2.36. The number of anilines is 1. The highest BCUT2D eigenvalue weighted by atomic mass is 16.5. The number of pyridine rings is 1. The van der Waals surface area contributed by atoms with E-state index < -0.39 is 0 Å².